The van der Waals surface area contributed by atoms with Crippen molar-refractivity contribution in [3.05, 3.63) is 60.2 Å². The first-order valence-electron chi connectivity index (χ1n) is 10.7. The number of nitrogens with zero attached hydrogens (tertiary/aromatic N) is 2. The van der Waals surface area contributed by atoms with Gasteiger partial charge >= 0.3 is 5.97 Å². The van der Waals surface area contributed by atoms with Gasteiger partial charge in [-0.25, -0.2) is 8.42 Å². The van der Waals surface area contributed by atoms with Crippen LogP contribution in [0.3, 0.4) is 0 Å². The lowest BCUT2D eigenvalue weighted by Crippen LogP contribution is -2.37. The highest BCUT2D eigenvalue weighted by atomic mass is 32.2. The molecule has 9 nitrogen and oxygen atoms in total. The van der Waals surface area contributed by atoms with Crippen LogP contribution in [-0.4, -0.2) is 57.3 Å². The zero-order chi connectivity index (χ0) is 23.7. The Hall–Kier alpha value is -3.24. The van der Waals surface area contributed by atoms with E-state index >= 15 is 0 Å². The zero-order valence-corrected chi connectivity index (χ0v) is 19.3. The summed E-state index contributed by atoms with van der Waals surface area (Å²) < 4.78 is 32.8. The average Bonchev–Trinajstić information content (AvgIpc) is 3.27. The van der Waals surface area contributed by atoms with Gasteiger partial charge in [0.25, 0.3) is 10.0 Å². The molecule has 0 unspecified atom stereocenters. The van der Waals surface area contributed by atoms with E-state index in [1.54, 1.807) is 24.0 Å². The molecule has 0 saturated heterocycles. The first kappa shape index (κ1) is 24.4. The number of hydrogen-bond acceptors (Lipinski definition) is 7. The van der Waals surface area contributed by atoms with Crippen LogP contribution in [0.2, 0.25) is 0 Å². The number of ether oxygens (including phenoxy) is 1. The van der Waals surface area contributed by atoms with Gasteiger partial charge < -0.3 is 10.1 Å². The SMILES string of the molecule is CCOC(=O)CN(CC(=O)Nc1cccc(S(=O)(=O)NC2=NCCC2)c1)Cc1ccccc1. The van der Waals surface area contributed by atoms with Crippen LogP contribution in [0.25, 0.3) is 0 Å². The molecule has 1 amide bonds. The van der Waals surface area contributed by atoms with Gasteiger partial charge in [-0.15, -0.1) is 0 Å². The van der Waals surface area contributed by atoms with Crippen LogP contribution in [0.5, 0.6) is 0 Å². The number of aliphatic imine (C=N–C) groups is 1. The molecule has 0 bridgehead atoms. The minimum atomic E-state index is -3.79. The summed E-state index contributed by atoms with van der Waals surface area (Å²) in [4.78, 5) is 30.5. The van der Waals surface area contributed by atoms with Gasteiger partial charge in [0.1, 0.15) is 5.84 Å². The number of anilines is 1. The number of carbonyl (C=O) groups excluding carboxylic acids is 2. The van der Waals surface area contributed by atoms with Crippen molar-refractivity contribution in [2.75, 3.05) is 31.6 Å². The van der Waals surface area contributed by atoms with Crippen LogP contribution in [-0.2, 0) is 30.9 Å². The summed E-state index contributed by atoms with van der Waals surface area (Å²) in [6.07, 6.45) is 1.41. The third-order valence-electron chi connectivity index (χ3n) is 4.83. The molecule has 10 heteroatoms. The Kier molecular flexibility index (Phi) is 8.56. The molecular formula is C23H28N4O5S. The van der Waals surface area contributed by atoms with E-state index in [0.717, 1.165) is 12.0 Å². The maximum Gasteiger partial charge on any atom is 0.320 e. The number of hydrogen-bond donors (Lipinski definition) is 2. The lowest BCUT2D eigenvalue weighted by molar-refractivity contribution is -0.144. The number of benzene rings is 2. The smallest absolute Gasteiger partial charge is 0.320 e. The second-order valence-electron chi connectivity index (χ2n) is 7.55. The predicted octanol–water partition coefficient (Wildman–Crippen LogP) is 2.16. The Balaban J connectivity index is 1.66. The molecule has 0 spiro atoms. The summed E-state index contributed by atoms with van der Waals surface area (Å²) in [5, 5.41) is 2.71. The van der Waals surface area contributed by atoms with Gasteiger partial charge in [-0.1, -0.05) is 36.4 Å². The molecule has 0 fully saturated rings. The second kappa shape index (κ2) is 11.6. The third kappa shape index (κ3) is 7.69. The van der Waals surface area contributed by atoms with Crippen molar-refractivity contribution in [2.24, 2.45) is 4.99 Å². The van der Waals surface area contributed by atoms with Crippen molar-refractivity contribution in [3.63, 3.8) is 0 Å². The number of amides is 1. The largest absolute Gasteiger partial charge is 0.465 e. The molecule has 3 rings (SSSR count). The summed E-state index contributed by atoms with van der Waals surface area (Å²) in [5.41, 5.74) is 1.29. The molecule has 2 N–H and O–H groups in total. The number of amidine groups is 1. The second-order valence-corrected chi connectivity index (χ2v) is 9.23. The van der Waals surface area contributed by atoms with E-state index in [4.69, 9.17) is 4.74 Å². The van der Waals surface area contributed by atoms with Gasteiger partial charge in [0.2, 0.25) is 5.91 Å². The van der Waals surface area contributed by atoms with E-state index in [2.05, 4.69) is 15.0 Å². The summed E-state index contributed by atoms with van der Waals surface area (Å²) in [6.45, 7) is 2.86. The van der Waals surface area contributed by atoms with Crippen molar-refractivity contribution in [1.29, 1.82) is 0 Å². The molecule has 2 aromatic carbocycles. The lowest BCUT2D eigenvalue weighted by atomic mass is 10.2. The van der Waals surface area contributed by atoms with E-state index in [-0.39, 0.29) is 30.5 Å². The maximum atomic E-state index is 12.7. The summed E-state index contributed by atoms with van der Waals surface area (Å²) >= 11 is 0. The van der Waals surface area contributed by atoms with Crippen molar-refractivity contribution in [2.45, 2.75) is 31.2 Å². The Labute approximate surface area is 193 Å². The minimum Gasteiger partial charge on any atom is -0.465 e. The van der Waals surface area contributed by atoms with Crippen molar-refractivity contribution >= 4 is 33.4 Å². The van der Waals surface area contributed by atoms with Crippen LogP contribution in [0.15, 0.2) is 64.5 Å². The van der Waals surface area contributed by atoms with Gasteiger partial charge in [0, 0.05) is 25.2 Å². The molecule has 1 aliphatic heterocycles. The van der Waals surface area contributed by atoms with Crippen LogP contribution in [0, 0.1) is 0 Å². The fraction of sp³-hybridized carbons (Fsp3) is 0.348. The van der Waals surface area contributed by atoms with Crippen LogP contribution < -0.4 is 10.0 Å². The topological polar surface area (TPSA) is 117 Å². The normalized spacial score (nSPS) is 13.5. The number of carbonyl (C=O) groups is 2. The number of rotatable bonds is 10. The highest BCUT2D eigenvalue weighted by molar-refractivity contribution is 7.90. The molecule has 0 saturated carbocycles. The number of sulfonamides is 1. The maximum absolute atomic E-state index is 12.7. The predicted molar refractivity (Wildman–Crippen MR) is 125 cm³/mol. The van der Waals surface area contributed by atoms with Crippen LogP contribution in [0.1, 0.15) is 25.3 Å². The first-order valence-corrected chi connectivity index (χ1v) is 12.2. The Morgan fingerprint density at radius 3 is 2.58 bits per heavy atom. The average molecular weight is 473 g/mol. The number of esters is 1. The highest BCUT2D eigenvalue weighted by Crippen LogP contribution is 2.17. The van der Waals surface area contributed by atoms with Crippen molar-refractivity contribution < 1.29 is 22.7 Å². The highest BCUT2D eigenvalue weighted by Gasteiger charge is 2.20. The van der Waals surface area contributed by atoms with E-state index < -0.39 is 16.0 Å². The minimum absolute atomic E-state index is 0.0302. The molecule has 2 aromatic rings. The standard InChI is InChI=1S/C23H28N4O5S/c1-2-32-23(29)17-27(15-18-8-4-3-5-9-18)16-22(28)25-19-10-6-11-20(14-19)33(30,31)26-21-12-7-13-24-21/h3-6,8-11,14H,2,7,12-13,15-17H2,1H3,(H,24,26)(H,25,28). The molecule has 1 aliphatic rings. The summed E-state index contributed by atoms with van der Waals surface area (Å²) in [7, 11) is -3.79. The molecule has 0 aromatic heterocycles. The molecule has 1 heterocycles. The van der Waals surface area contributed by atoms with Gasteiger partial charge in [0.05, 0.1) is 24.6 Å². The fourth-order valence-electron chi connectivity index (χ4n) is 3.38. The van der Waals surface area contributed by atoms with Crippen molar-refractivity contribution in [1.82, 2.24) is 9.62 Å². The molecule has 33 heavy (non-hydrogen) atoms. The van der Waals surface area contributed by atoms with Gasteiger partial charge in [-0.2, -0.15) is 0 Å². The first-order chi connectivity index (χ1) is 15.9. The molecular weight excluding hydrogens is 444 g/mol. The Morgan fingerprint density at radius 2 is 1.88 bits per heavy atom. The molecule has 176 valence electrons. The molecule has 0 atom stereocenters. The van der Waals surface area contributed by atoms with Gasteiger partial charge in [-0.3, -0.25) is 24.2 Å². The van der Waals surface area contributed by atoms with E-state index in [0.29, 0.717) is 31.0 Å². The molecule has 0 aliphatic carbocycles. The van der Waals surface area contributed by atoms with Crippen LogP contribution >= 0.6 is 0 Å². The van der Waals surface area contributed by atoms with E-state index in [1.807, 2.05) is 30.3 Å². The third-order valence-corrected chi connectivity index (χ3v) is 6.21. The summed E-state index contributed by atoms with van der Waals surface area (Å²) in [5.74, 6) is -0.354. The lowest BCUT2D eigenvalue weighted by Gasteiger charge is -2.21. The van der Waals surface area contributed by atoms with Gasteiger partial charge in [0.15, 0.2) is 0 Å². The molecule has 0 radical (unpaired) electrons. The quantitative estimate of drug-likeness (QED) is 0.512. The van der Waals surface area contributed by atoms with Crippen LogP contribution in [0.4, 0.5) is 5.69 Å². The Bertz CT molecular complexity index is 1100. The monoisotopic (exact) mass is 472 g/mol. The van der Waals surface area contributed by atoms with E-state index in [1.165, 1.54) is 12.1 Å². The van der Waals surface area contributed by atoms with Crippen molar-refractivity contribution in [3.8, 4) is 0 Å². The zero-order valence-electron chi connectivity index (χ0n) is 18.5. The number of nitrogens with one attached hydrogen (secondary N) is 2. The van der Waals surface area contributed by atoms with E-state index in [9.17, 15) is 18.0 Å². The Morgan fingerprint density at radius 1 is 1.09 bits per heavy atom. The fourth-order valence-corrected chi connectivity index (χ4v) is 4.51. The summed E-state index contributed by atoms with van der Waals surface area (Å²) in [6, 6.07) is 15.5. The van der Waals surface area contributed by atoms with Gasteiger partial charge in [-0.05, 0) is 37.1 Å².